The smallest absolute Gasteiger partial charge is 0.257 e. The van der Waals surface area contributed by atoms with Gasteiger partial charge in [0.15, 0.2) is 17.5 Å². The first-order valence-corrected chi connectivity index (χ1v) is 7.26. The highest BCUT2D eigenvalue weighted by Gasteiger charge is 2.15. The van der Waals surface area contributed by atoms with Crippen molar-refractivity contribution in [3.05, 3.63) is 77.1 Å². The first-order chi connectivity index (χ1) is 11.5. The number of aromatic nitrogens is 2. The minimum Gasteiger partial charge on any atom is -0.319 e. The second kappa shape index (κ2) is 6.72. The Kier molecular flexibility index (Phi) is 4.48. The van der Waals surface area contributed by atoms with E-state index in [0.717, 1.165) is 17.7 Å². The van der Waals surface area contributed by atoms with Gasteiger partial charge in [0.05, 0.1) is 28.7 Å². The molecule has 24 heavy (non-hydrogen) atoms. The van der Waals surface area contributed by atoms with Gasteiger partial charge in [-0.3, -0.25) is 4.79 Å². The Morgan fingerprint density at radius 1 is 1.00 bits per heavy atom. The number of nitrogens with zero attached hydrogens (tertiary/aromatic N) is 2. The molecule has 7 heteroatoms. The van der Waals surface area contributed by atoms with Crippen molar-refractivity contribution >= 4 is 23.2 Å². The van der Waals surface area contributed by atoms with E-state index in [0.29, 0.717) is 11.5 Å². The van der Waals surface area contributed by atoms with Crippen molar-refractivity contribution in [3.8, 4) is 11.4 Å². The zero-order valence-corrected chi connectivity index (χ0v) is 12.9. The molecule has 3 aromatic rings. The molecular weight excluding hydrogens is 336 g/mol. The van der Waals surface area contributed by atoms with Crippen LogP contribution in [0.5, 0.6) is 0 Å². The van der Waals surface area contributed by atoms with Crippen molar-refractivity contribution in [1.29, 1.82) is 0 Å². The Morgan fingerprint density at radius 2 is 1.62 bits per heavy atom. The van der Waals surface area contributed by atoms with E-state index in [2.05, 4.69) is 15.3 Å². The van der Waals surface area contributed by atoms with Crippen LogP contribution in [0, 0.1) is 11.6 Å². The summed E-state index contributed by atoms with van der Waals surface area (Å²) in [6.45, 7) is 0. The molecule has 4 nitrogen and oxygen atoms in total. The maximum atomic E-state index is 13.3. The van der Waals surface area contributed by atoms with Crippen LogP contribution in [0.4, 0.5) is 14.5 Å². The Balaban J connectivity index is 1.79. The van der Waals surface area contributed by atoms with E-state index in [9.17, 15) is 13.6 Å². The zero-order valence-electron chi connectivity index (χ0n) is 12.1. The van der Waals surface area contributed by atoms with Crippen LogP contribution in [-0.2, 0) is 0 Å². The monoisotopic (exact) mass is 345 g/mol. The predicted octanol–water partition coefficient (Wildman–Crippen LogP) is 4.33. The fraction of sp³-hybridized carbons (Fsp3) is 0. The minimum absolute atomic E-state index is 0.178. The van der Waals surface area contributed by atoms with E-state index < -0.39 is 17.5 Å². The summed E-state index contributed by atoms with van der Waals surface area (Å²) in [4.78, 5) is 20.4. The van der Waals surface area contributed by atoms with Gasteiger partial charge in [-0.25, -0.2) is 18.7 Å². The van der Waals surface area contributed by atoms with Crippen molar-refractivity contribution < 1.29 is 13.6 Å². The minimum atomic E-state index is -1.15. The molecule has 1 N–H and O–H groups in total. The molecule has 2 aromatic carbocycles. The molecule has 0 saturated carbocycles. The van der Waals surface area contributed by atoms with Crippen LogP contribution < -0.4 is 5.32 Å². The molecule has 0 radical (unpaired) electrons. The number of hydrogen-bond acceptors (Lipinski definition) is 3. The molecule has 0 aliphatic rings. The maximum absolute atomic E-state index is 13.3. The number of rotatable bonds is 3. The molecule has 1 aromatic heterocycles. The molecule has 1 heterocycles. The Hall–Kier alpha value is -2.86. The molecule has 120 valence electrons. The van der Waals surface area contributed by atoms with Gasteiger partial charge in [0.1, 0.15) is 0 Å². The summed E-state index contributed by atoms with van der Waals surface area (Å²) < 4.78 is 26.3. The van der Waals surface area contributed by atoms with Crippen molar-refractivity contribution in [1.82, 2.24) is 9.97 Å². The summed E-state index contributed by atoms with van der Waals surface area (Å²) in [5.41, 5.74) is 0.960. The molecule has 0 saturated heterocycles. The van der Waals surface area contributed by atoms with E-state index in [1.165, 1.54) is 12.4 Å². The van der Waals surface area contributed by atoms with Crippen LogP contribution in [0.1, 0.15) is 10.4 Å². The lowest BCUT2D eigenvalue weighted by Gasteiger charge is -2.07. The van der Waals surface area contributed by atoms with Crippen LogP contribution in [0.2, 0.25) is 5.02 Å². The first kappa shape index (κ1) is 16.0. The standard InChI is InChI=1S/C17H10ClF2N3O/c18-13-7-15(20)14(19)6-12(13)17(24)23-11-8-21-16(22-9-11)10-4-2-1-3-5-10/h1-9H,(H,23,24). The predicted molar refractivity (Wildman–Crippen MR) is 86.8 cm³/mol. The van der Waals surface area contributed by atoms with Crippen molar-refractivity contribution in [2.45, 2.75) is 0 Å². The summed E-state index contributed by atoms with van der Waals surface area (Å²) in [5, 5.41) is 2.30. The lowest BCUT2D eigenvalue weighted by atomic mass is 10.2. The number of benzene rings is 2. The van der Waals surface area contributed by atoms with Crippen LogP contribution in [0.25, 0.3) is 11.4 Å². The van der Waals surface area contributed by atoms with Gasteiger partial charge in [0.2, 0.25) is 0 Å². The molecule has 0 aliphatic heterocycles. The molecule has 3 rings (SSSR count). The van der Waals surface area contributed by atoms with Crippen LogP contribution >= 0.6 is 11.6 Å². The quantitative estimate of drug-likeness (QED) is 0.719. The molecule has 0 atom stereocenters. The number of amides is 1. The van der Waals surface area contributed by atoms with Gasteiger partial charge >= 0.3 is 0 Å². The van der Waals surface area contributed by atoms with Gasteiger partial charge in [-0.1, -0.05) is 41.9 Å². The summed E-state index contributed by atoms with van der Waals surface area (Å²) >= 11 is 5.77. The fourth-order valence-electron chi connectivity index (χ4n) is 2.02. The summed E-state index contributed by atoms with van der Waals surface area (Å²) in [5.74, 6) is -2.46. The first-order valence-electron chi connectivity index (χ1n) is 6.88. The lowest BCUT2D eigenvalue weighted by molar-refractivity contribution is 0.102. The highest BCUT2D eigenvalue weighted by atomic mass is 35.5. The summed E-state index contributed by atoms with van der Waals surface area (Å²) in [7, 11) is 0. The topological polar surface area (TPSA) is 54.9 Å². The van der Waals surface area contributed by atoms with Gasteiger partial charge in [0, 0.05) is 5.56 Å². The summed E-state index contributed by atoms with van der Waals surface area (Å²) in [6.07, 6.45) is 2.84. The second-order valence-corrected chi connectivity index (χ2v) is 5.27. The Labute approximate surface area is 141 Å². The number of anilines is 1. The van der Waals surface area contributed by atoms with Gasteiger partial charge in [0.25, 0.3) is 5.91 Å². The number of halogens is 3. The molecule has 0 bridgehead atoms. The number of carbonyl (C=O) groups excluding carboxylic acids is 1. The number of nitrogens with one attached hydrogen (secondary N) is 1. The van der Waals surface area contributed by atoms with Crippen LogP contribution in [-0.4, -0.2) is 15.9 Å². The largest absolute Gasteiger partial charge is 0.319 e. The number of carbonyl (C=O) groups is 1. The number of hydrogen-bond donors (Lipinski definition) is 1. The lowest BCUT2D eigenvalue weighted by Crippen LogP contribution is -2.13. The third-order valence-electron chi connectivity index (χ3n) is 3.20. The van der Waals surface area contributed by atoms with E-state index in [1.54, 1.807) is 0 Å². The molecular formula is C17H10ClF2N3O. The molecule has 0 unspecified atom stereocenters. The van der Waals surface area contributed by atoms with Crippen molar-refractivity contribution in [3.63, 3.8) is 0 Å². The van der Waals surface area contributed by atoms with Crippen molar-refractivity contribution in [2.24, 2.45) is 0 Å². The molecule has 0 spiro atoms. The van der Waals surface area contributed by atoms with Gasteiger partial charge < -0.3 is 5.32 Å². The average Bonchev–Trinajstić information content (AvgIpc) is 2.59. The van der Waals surface area contributed by atoms with Crippen molar-refractivity contribution in [2.75, 3.05) is 5.32 Å². The van der Waals surface area contributed by atoms with Crippen LogP contribution in [0.3, 0.4) is 0 Å². The van der Waals surface area contributed by atoms with Crippen LogP contribution in [0.15, 0.2) is 54.9 Å². The molecule has 0 aliphatic carbocycles. The maximum Gasteiger partial charge on any atom is 0.257 e. The highest BCUT2D eigenvalue weighted by molar-refractivity contribution is 6.34. The highest BCUT2D eigenvalue weighted by Crippen LogP contribution is 2.21. The Bertz CT molecular complexity index is 886. The van der Waals surface area contributed by atoms with E-state index >= 15 is 0 Å². The van der Waals surface area contributed by atoms with Gasteiger partial charge in [-0.05, 0) is 12.1 Å². The Morgan fingerprint density at radius 3 is 2.29 bits per heavy atom. The van der Waals surface area contributed by atoms with Gasteiger partial charge in [-0.15, -0.1) is 0 Å². The van der Waals surface area contributed by atoms with E-state index in [-0.39, 0.29) is 10.6 Å². The van der Waals surface area contributed by atoms with E-state index in [1.807, 2.05) is 30.3 Å². The zero-order chi connectivity index (χ0) is 17.1. The average molecular weight is 346 g/mol. The normalized spacial score (nSPS) is 10.5. The third kappa shape index (κ3) is 3.38. The van der Waals surface area contributed by atoms with E-state index in [4.69, 9.17) is 11.6 Å². The third-order valence-corrected chi connectivity index (χ3v) is 3.51. The SMILES string of the molecule is O=C(Nc1cnc(-c2ccccc2)nc1)c1cc(F)c(F)cc1Cl. The fourth-order valence-corrected chi connectivity index (χ4v) is 2.26. The molecule has 1 amide bonds. The van der Waals surface area contributed by atoms with Gasteiger partial charge in [-0.2, -0.15) is 0 Å². The second-order valence-electron chi connectivity index (χ2n) is 4.86. The molecule has 0 fully saturated rings. The summed E-state index contributed by atoms with van der Waals surface area (Å²) in [6, 6.07) is 10.8.